The van der Waals surface area contributed by atoms with Crippen molar-refractivity contribution in [2.45, 2.75) is 19.8 Å². The SMILES string of the molecule is C/C=C1\CC(C(=O)OC)(C(=O)OC)CC1C(C(=O)OC)C(=O)OC. The van der Waals surface area contributed by atoms with Crippen molar-refractivity contribution in [2.75, 3.05) is 28.4 Å². The third-order valence-electron chi connectivity index (χ3n) is 4.39. The Balaban J connectivity index is 3.38. The van der Waals surface area contributed by atoms with Gasteiger partial charge < -0.3 is 18.9 Å². The topological polar surface area (TPSA) is 105 Å². The molecule has 134 valence electrons. The van der Waals surface area contributed by atoms with Crippen LogP contribution in [0.25, 0.3) is 0 Å². The summed E-state index contributed by atoms with van der Waals surface area (Å²) in [6.07, 6.45) is 1.55. The van der Waals surface area contributed by atoms with Crippen LogP contribution in [-0.2, 0) is 38.1 Å². The number of hydrogen-bond donors (Lipinski definition) is 0. The van der Waals surface area contributed by atoms with Crippen LogP contribution in [0.4, 0.5) is 0 Å². The lowest BCUT2D eigenvalue weighted by Crippen LogP contribution is -2.40. The van der Waals surface area contributed by atoms with Crippen LogP contribution in [0.2, 0.25) is 0 Å². The minimum Gasteiger partial charge on any atom is -0.468 e. The van der Waals surface area contributed by atoms with E-state index >= 15 is 0 Å². The van der Waals surface area contributed by atoms with Crippen LogP contribution in [0.15, 0.2) is 11.6 Å². The molecular formula is C16H22O8. The maximum atomic E-state index is 12.3. The normalized spacial score (nSPS) is 20.6. The minimum absolute atomic E-state index is 0.00198. The van der Waals surface area contributed by atoms with Crippen LogP contribution >= 0.6 is 0 Å². The first-order valence-corrected chi connectivity index (χ1v) is 7.30. The second-order valence-corrected chi connectivity index (χ2v) is 5.44. The molecule has 0 aromatic heterocycles. The molecule has 1 unspecified atom stereocenters. The van der Waals surface area contributed by atoms with E-state index in [1.807, 2.05) is 0 Å². The highest BCUT2D eigenvalue weighted by Crippen LogP contribution is 2.50. The molecular weight excluding hydrogens is 320 g/mol. The summed E-state index contributed by atoms with van der Waals surface area (Å²) in [4.78, 5) is 48.7. The zero-order valence-corrected chi connectivity index (χ0v) is 14.4. The van der Waals surface area contributed by atoms with Crippen molar-refractivity contribution in [1.29, 1.82) is 0 Å². The van der Waals surface area contributed by atoms with Crippen molar-refractivity contribution < 1.29 is 38.1 Å². The number of methoxy groups -OCH3 is 4. The highest BCUT2D eigenvalue weighted by Gasteiger charge is 2.58. The Morgan fingerprint density at radius 1 is 0.958 bits per heavy atom. The average Bonchev–Trinajstić information content (AvgIpc) is 3.00. The van der Waals surface area contributed by atoms with Gasteiger partial charge >= 0.3 is 23.9 Å². The molecule has 0 bridgehead atoms. The maximum Gasteiger partial charge on any atom is 0.323 e. The summed E-state index contributed by atoms with van der Waals surface area (Å²) in [6, 6.07) is 0. The van der Waals surface area contributed by atoms with Crippen LogP contribution in [0.5, 0.6) is 0 Å². The largest absolute Gasteiger partial charge is 0.468 e. The molecule has 1 aliphatic rings. The molecule has 1 saturated carbocycles. The van der Waals surface area contributed by atoms with Crippen molar-refractivity contribution >= 4 is 23.9 Å². The maximum absolute atomic E-state index is 12.3. The zero-order chi connectivity index (χ0) is 18.5. The van der Waals surface area contributed by atoms with E-state index in [4.69, 9.17) is 9.47 Å². The van der Waals surface area contributed by atoms with Crippen molar-refractivity contribution in [1.82, 2.24) is 0 Å². The van der Waals surface area contributed by atoms with Gasteiger partial charge in [-0.05, 0) is 19.8 Å². The average molecular weight is 342 g/mol. The fourth-order valence-electron chi connectivity index (χ4n) is 3.17. The van der Waals surface area contributed by atoms with Crippen LogP contribution in [0, 0.1) is 17.3 Å². The molecule has 0 N–H and O–H groups in total. The van der Waals surface area contributed by atoms with E-state index in [-0.39, 0.29) is 12.8 Å². The van der Waals surface area contributed by atoms with E-state index < -0.39 is 41.1 Å². The highest BCUT2D eigenvalue weighted by atomic mass is 16.6. The smallest absolute Gasteiger partial charge is 0.323 e. The van der Waals surface area contributed by atoms with E-state index in [1.165, 1.54) is 0 Å². The molecule has 1 fully saturated rings. The number of allylic oxidation sites excluding steroid dienone is 2. The second-order valence-electron chi connectivity index (χ2n) is 5.44. The molecule has 0 aromatic rings. The van der Waals surface area contributed by atoms with E-state index in [0.717, 1.165) is 28.4 Å². The molecule has 8 nitrogen and oxygen atoms in total. The Morgan fingerprint density at radius 2 is 1.42 bits per heavy atom. The van der Waals surface area contributed by atoms with E-state index in [2.05, 4.69) is 9.47 Å². The van der Waals surface area contributed by atoms with Gasteiger partial charge in [-0.3, -0.25) is 19.2 Å². The van der Waals surface area contributed by atoms with Crippen LogP contribution < -0.4 is 0 Å². The first-order valence-electron chi connectivity index (χ1n) is 7.30. The second kappa shape index (κ2) is 7.94. The quantitative estimate of drug-likeness (QED) is 0.310. The molecule has 0 radical (unpaired) electrons. The molecule has 8 heteroatoms. The first-order chi connectivity index (χ1) is 11.3. The lowest BCUT2D eigenvalue weighted by Gasteiger charge is -2.24. The summed E-state index contributed by atoms with van der Waals surface area (Å²) in [5.74, 6) is -5.14. The van der Waals surface area contributed by atoms with E-state index in [9.17, 15) is 19.2 Å². The first kappa shape index (κ1) is 19.7. The molecule has 0 aromatic carbocycles. The molecule has 1 atom stereocenters. The predicted octanol–water partition coefficient (Wildman–Crippen LogP) is 0.637. The fraction of sp³-hybridized carbons (Fsp3) is 0.625. The highest BCUT2D eigenvalue weighted by molar-refractivity contribution is 6.02. The van der Waals surface area contributed by atoms with Gasteiger partial charge in [-0.15, -0.1) is 0 Å². The standard InChI is InChI=1S/C16H22O8/c1-6-9-7-16(14(19)23-4,15(20)24-5)8-10(9)11(12(17)21-2)13(18)22-3/h6,10-11H,7-8H2,1-5H3/b9-6+. The summed E-state index contributed by atoms with van der Waals surface area (Å²) in [5.41, 5.74) is -1.01. The van der Waals surface area contributed by atoms with Gasteiger partial charge in [-0.2, -0.15) is 0 Å². The Morgan fingerprint density at radius 3 is 1.75 bits per heavy atom. The van der Waals surface area contributed by atoms with Gasteiger partial charge in [0.05, 0.1) is 28.4 Å². The Hall–Kier alpha value is -2.38. The number of rotatable bonds is 5. The molecule has 1 rings (SSSR count). The van der Waals surface area contributed by atoms with Gasteiger partial charge in [0.25, 0.3) is 0 Å². The fourth-order valence-corrected chi connectivity index (χ4v) is 3.17. The van der Waals surface area contributed by atoms with Crippen LogP contribution in [0.1, 0.15) is 19.8 Å². The lowest BCUT2D eigenvalue weighted by atomic mass is 9.82. The third-order valence-corrected chi connectivity index (χ3v) is 4.39. The Kier molecular flexibility index (Phi) is 6.51. The predicted molar refractivity (Wildman–Crippen MR) is 80.5 cm³/mol. The van der Waals surface area contributed by atoms with Crippen LogP contribution in [0.3, 0.4) is 0 Å². The van der Waals surface area contributed by atoms with Gasteiger partial charge in [0.1, 0.15) is 0 Å². The minimum atomic E-state index is -1.60. The lowest BCUT2D eigenvalue weighted by molar-refractivity contribution is -0.171. The number of carbonyl (C=O) groups is 4. The summed E-state index contributed by atoms with van der Waals surface area (Å²) >= 11 is 0. The summed E-state index contributed by atoms with van der Waals surface area (Å²) in [7, 11) is 4.62. The third kappa shape index (κ3) is 3.27. The summed E-state index contributed by atoms with van der Waals surface area (Å²) in [5, 5.41) is 0. The van der Waals surface area contributed by atoms with Gasteiger partial charge in [0.15, 0.2) is 11.3 Å². The monoisotopic (exact) mass is 342 g/mol. The van der Waals surface area contributed by atoms with Crippen molar-refractivity contribution in [3.63, 3.8) is 0 Å². The molecule has 0 saturated heterocycles. The van der Waals surface area contributed by atoms with Gasteiger partial charge in [0.2, 0.25) is 0 Å². The van der Waals surface area contributed by atoms with Crippen molar-refractivity contribution in [2.24, 2.45) is 17.3 Å². The molecule has 0 aliphatic heterocycles. The van der Waals surface area contributed by atoms with E-state index in [0.29, 0.717) is 5.57 Å². The molecule has 24 heavy (non-hydrogen) atoms. The van der Waals surface area contributed by atoms with Gasteiger partial charge in [-0.25, -0.2) is 0 Å². The summed E-state index contributed by atoms with van der Waals surface area (Å²) in [6.45, 7) is 1.69. The van der Waals surface area contributed by atoms with Gasteiger partial charge in [0, 0.05) is 5.92 Å². The number of ether oxygens (including phenoxy) is 4. The molecule has 1 aliphatic carbocycles. The number of hydrogen-bond acceptors (Lipinski definition) is 8. The summed E-state index contributed by atoms with van der Waals surface area (Å²) < 4.78 is 18.9. The Bertz CT molecular complexity index is 530. The number of esters is 4. The van der Waals surface area contributed by atoms with Crippen molar-refractivity contribution in [3.05, 3.63) is 11.6 Å². The van der Waals surface area contributed by atoms with Crippen molar-refractivity contribution in [3.8, 4) is 0 Å². The number of carbonyl (C=O) groups excluding carboxylic acids is 4. The van der Waals surface area contributed by atoms with E-state index in [1.54, 1.807) is 13.0 Å². The van der Waals surface area contributed by atoms with Gasteiger partial charge in [-0.1, -0.05) is 11.6 Å². The molecule has 0 heterocycles. The molecule has 0 spiro atoms. The Labute approximate surface area is 140 Å². The zero-order valence-electron chi connectivity index (χ0n) is 14.4. The van der Waals surface area contributed by atoms with Crippen LogP contribution in [-0.4, -0.2) is 52.3 Å². The molecule has 0 amide bonds.